The van der Waals surface area contributed by atoms with Gasteiger partial charge < -0.3 is 14.8 Å². The Morgan fingerprint density at radius 3 is 2.55 bits per heavy atom. The van der Waals surface area contributed by atoms with E-state index in [1.807, 2.05) is 26.1 Å². The van der Waals surface area contributed by atoms with E-state index in [0.717, 1.165) is 18.4 Å². The summed E-state index contributed by atoms with van der Waals surface area (Å²) >= 11 is 0. The number of benzene rings is 1. The summed E-state index contributed by atoms with van der Waals surface area (Å²) in [7, 11) is 1.82. The number of nitrogens with zero attached hydrogens (tertiary/aromatic N) is 2. The summed E-state index contributed by atoms with van der Waals surface area (Å²) in [5.74, 6) is 0.641. The highest BCUT2D eigenvalue weighted by Gasteiger charge is 2.29. The molecule has 20 heavy (non-hydrogen) atoms. The number of oxime groups is 1. The van der Waals surface area contributed by atoms with Crippen molar-refractivity contribution >= 4 is 11.6 Å². The molecule has 1 saturated carbocycles. The van der Waals surface area contributed by atoms with Crippen LogP contribution in [0.4, 0.5) is 0 Å². The zero-order valence-electron chi connectivity index (χ0n) is 11.9. The van der Waals surface area contributed by atoms with E-state index >= 15 is 0 Å². The molecule has 0 saturated heterocycles. The fraction of sp³-hybridized carbons (Fsp3) is 0.467. The molecular weight excluding hydrogens is 256 g/mol. The molecule has 108 valence electrons. The van der Waals surface area contributed by atoms with Crippen LogP contribution in [0.15, 0.2) is 29.4 Å². The van der Waals surface area contributed by atoms with Gasteiger partial charge in [-0.2, -0.15) is 0 Å². The normalized spacial score (nSPS) is 15.0. The molecule has 1 fully saturated rings. The predicted octanol–water partition coefficient (Wildman–Crippen LogP) is 2.27. The summed E-state index contributed by atoms with van der Waals surface area (Å²) in [5, 5.41) is 12.1. The van der Waals surface area contributed by atoms with E-state index in [0.29, 0.717) is 23.9 Å². The Bertz CT molecular complexity index is 492. The van der Waals surface area contributed by atoms with Crippen LogP contribution in [0.5, 0.6) is 5.75 Å². The molecule has 5 nitrogen and oxygen atoms in total. The van der Waals surface area contributed by atoms with Crippen molar-refractivity contribution in [2.45, 2.75) is 32.2 Å². The number of amides is 1. The number of carbonyl (C=O) groups is 1. The van der Waals surface area contributed by atoms with Gasteiger partial charge in [0.2, 0.25) is 0 Å². The first-order chi connectivity index (χ1) is 9.65. The molecule has 1 amide bonds. The lowest BCUT2D eigenvalue weighted by Crippen LogP contribution is -2.33. The molecule has 0 radical (unpaired) electrons. The van der Waals surface area contributed by atoms with Gasteiger partial charge in [0, 0.05) is 13.1 Å². The molecule has 5 heteroatoms. The van der Waals surface area contributed by atoms with Gasteiger partial charge in [0.15, 0.2) is 6.61 Å². The minimum atomic E-state index is 0.00254. The first-order valence-corrected chi connectivity index (χ1v) is 6.85. The number of likely N-dealkylation sites (N-methyl/N-ethyl adjacent to an activating group) is 1. The number of carbonyl (C=O) groups excluding carboxylic acids is 1. The maximum atomic E-state index is 11.8. The van der Waals surface area contributed by atoms with Crippen molar-refractivity contribution in [1.29, 1.82) is 0 Å². The minimum absolute atomic E-state index is 0.00254. The zero-order chi connectivity index (χ0) is 14.5. The van der Waals surface area contributed by atoms with Gasteiger partial charge in [-0.05, 0) is 49.1 Å². The van der Waals surface area contributed by atoms with Crippen molar-refractivity contribution in [3.8, 4) is 5.75 Å². The van der Waals surface area contributed by atoms with Gasteiger partial charge in [-0.25, -0.2) is 0 Å². The Balaban J connectivity index is 1.89. The molecular formula is C15H20N2O3. The van der Waals surface area contributed by atoms with Crippen molar-refractivity contribution in [3.05, 3.63) is 29.8 Å². The molecule has 0 spiro atoms. The van der Waals surface area contributed by atoms with Gasteiger partial charge >= 0.3 is 0 Å². The Morgan fingerprint density at radius 2 is 2.05 bits per heavy atom. The predicted molar refractivity (Wildman–Crippen MR) is 76.3 cm³/mol. The number of hydrogen-bond acceptors (Lipinski definition) is 4. The summed E-state index contributed by atoms with van der Waals surface area (Å²) in [6.07, 6.45) is 2.84. The SMILES string of the molecule is CCC(=NO)c1ccc(OCC(=O)N(C)C2CC2)cc1. The van der Waals surface area contributed by atoms with Crippen molar-refractivity contribution in [3.63, 3.8) is 0 Å². The molecule has 1 aromatic carbocycles. The molecule has 1 aliphatic rings. The van der Waals surface area contributed by atoms with Crippen LogP contribution in [0.3, 0.4) is 0 Å². The molecule has 1 aromatic rings. The Morgan fingerprint density at radius 1 is 1.40 bits per heavy atom. The van der Waals surface area contributed by atoms with Gasteiger partial charge in [-0.3, -0.25) is 4.79 Å². The summed E-state index contributed by atoms with van der Waals surface area (Å²) in [6, 6.07) is 7.61. The minimum Gasteiger partial charge on any atom is -0.484 e. The highest BCUT2D eigenvalue weighted by molar-refractivity contribution is 6.00. The van der Waals surface area contributed by atoms with Crippen LogP contribution in [0.1, 0.15) is 31.7 Å². The maximum absolute atomic E-state index is 11.8. The van der Waals surface area contributed by atoms with E-state index < -0.39 is 0 Å². The molecule has 0 bridgehead atoms. The molecule has 0 unspecified atom stereocenters. The van der Waals surface area contributed by atoms with E-state index in [1.165, 1.54) is 0 Å². The highest BCUT2D eigenvalue weighted by atomic mass is 16.5. The van der Waals surface area contributed by atoms with E-state index in [9.17, 15) is 4.79 Å². The van der Waals surface area contributed by atoms with Crippen LogP contribution in [0.2, 0.25) is 0 Å². The van der Waals surface area contributed by atoms with Crippen LogP contribution >= 0.6 is 0 Å². The molecule has 0 atom stereocenters. The van der Waals surface area contributed by atoms with Gasteiger partial charge in [0.05, 0.1) is 5.71 Å². The Kier molecular flexibility index (Phi) is 4.61. The fourth-order valence-electron chi connectivity index (χ4n) is 1.99. The highest BCUT2D eigenvalue weighted by Crippen LogP contribution is 2.25. The maximum Gasteiger partial charge on any atom is 0.260 e. The fourth-order valence-corrected chi connectivity index (χ4v) is 1.99. The lowest BCUT2D eigenvalue weighted by atomic mass is 10.1. The average molecular weight is 276 g/mol. The second kappa shape index (κ2) is 6.41. The second-order valence-corrected chi connectivity index (χ2v) is 4.95. The second-order valence-electron chi connectivity index (χ2n) is 4.95. The summed E-state index contributed by atoms with van der Waals surface area (Å²) < 4.78 is 5.48. The number of ether oxygens (including phenoxy) is 1. The molecule has 0 aliphatic heterocycles. The van der Waals surface area contributed by atoms with Gasteiger partial charge in [0.25, 0.3) is 5.91 Å². The van der Waals surface area contributed by atoms with Gasteiger partial charge in [-0.1, -0.05) is 12.1 Å². The van der Waals surface area contributed by atoms with Crippen LogP contribution < -0.4 is 4.74 Å². The van der Waals surface area contributed by atoms with Crippen LogP contribution in [0.25, 0.3) is 0 Å². The first-order valence-electron chi connectivity index (χ1n) is 6.85. The summed E-state index contributed by atoms with van der Waals surface area (Å²) in [4.78, 5) is 13.6. The lowest BCUT2D eigenvalue weighted by molar-refractivity contribution is -0.132. The number of hydrogen-bond donors (Lipinski definition) is 1. The van der Waals surface area contributed by atoms with Crippen LogP contribution in [-0.4, -0.2) is 41.4 Å². The van der Waals surface area contributed by atoms with Crippen molar-refractivity contribution in [2.24, 2.45) is 5.16 Å². The summed E-state index contributed by atoms with van der Waals surface area (Å²) in [6.45, 7) is 1.98. The van der Waals surface area contributed by atoms with Crippen molar-refractivity contribution in [1.82, 2.24) is 4.90 Å². The molecule has 0 heterocycles. The molecule has 1 aliphatic carbocycles. The van der Waals surface area contributed by atoms with E-state index in [1.54, 1.807) is 17.0 Å². The van der Waals surface area contributed by atoms with Crippen LogP contribution in [-0.2, 0) is 4.79 Å². The van der Waals surface area contributed by atoms with Gasteiger partial charge in [0.1, 0.15) is 5.75 Å². The Labute approximate surface area is 118 Å². The third kappa shape index (κ3) is 3.50. The quantitative estimate of drug-likeness (QED) is 0.492. The zero-order valence-corrected chi connectivity index (χ0v) is 11.9. The van der Waals surface area contributed by atoms with E-state index in [4.69, 9.17) is 9.94 Å². The largest absolute Gasteiger partial charge is 0.484 e. The topological polar surface area (TPSA) is 62.1 Å². The Hall–Kier alpha value is -2.04. The number of rotatable bonds is 6. The van der Waals surface area contributed by atoms with Crippen molar-refractivity contribution in [2.75, 3.05) is 13.7 Å². The third-order valence-corrected chi connectivity index (χ3v) is 3.49. The summed E-state index contributed by atoms with van der Waals surface area (Å²) in [5.41, 5.74) is 1.48. The first kappa shape index (κ1) is 14.4. The van der Waals surface area contributed by atoms with E-state index in [-0.39, 0.29) is 12.5 Å². The van der Waals surface area contributed by atoms with Crippen molar-refractivity contribution < 1.29 is 14.7 Å². The third-order valence-electron chi connectivity index (χ3n) is 3.49. The average Bonchev–Trinajstić information content (AvgIpc) is 3.31. The molecule has 0 aromatic heterocycles. The van der Waals surface area contributed by atoms with E-state index in [2.05, 4.69) is 5.16 Å². The molecule has 1 N–H and O–H groups in total. The standard InChI is InChI=1S/C15H20N2O3/c1-3-14(16-19)11-4-8-13(9-5-11)20-10-15(18)17(2)12-6-7-12/h4-5,8-9,12,19H,3,6-7,10H2,1-2H3. The van der Waals surface area contributed by atoms with Gasteiger partial charge in [-0.15, -0.1) is 0 Å². The molecule has 2 rings (SSSR count). The lowest BCUT2D eigenvalue weighted by Gasteiger charge is -2.16. The van der Waals surface area contributed by atoms with Crippen LogP contribution in [0, 0.1) is 0 Å². The monoisotopic (exact) mass is 276 g/mol. The smallest absolute Gasteiger partial charge is 0.260 e.